The number of aryl methyl sites for hydroxylation is 1. The second-order valence-corrected chi connectivity index (χ2v) is 6.92. The number of nitrogens with zero attached hydrogens (tertiary/aromatic N) is 1. The van der Waals surface area contributed by atoms with Crippen molar-refractivity contribution in [1.82, 2.24) is 4.90 Å². The summed E-state index contributed by atoms with van der Waals surface area (Å²) in [4.78, 5) is 2.34. The number of likely N-dealkylation sites (tertiary alicyclic amines) is 1. The Morgan fingerprint density at radius 1 is 1.12 bits per heavy atom. The SMILES string of the molecule is COc1c(C2(O)CCCN(Cc3ccccc3)C2)ccc(C)c1C. The lowest BCUT2D eigenvalue weighted by Gasteiger charge is -2.40. The van der Waals surface area contributed by atoms with E-state index in [0.29, 0.717) is 6.54 Å². The van der Waals surface area contributed by atoms with Crippen molar-refractivity contribution in [2.24, 2.45) is 0 Å². The first-order valence-electron chi connectivity index (χ1n) is 8.67. The smallest absolute Gasteiger partial charge is 0.128 e. The lowest BCUT2D eigenvalue weighted by atomic mass is 9.83. The van der Waals surface area contributed by atoms with Gasteiger partial charge in [-0.05, 0) is 49.9 Å². The maximum atomic E-state index is 11.4. The van der Waals surface area contributed by atoms with Gasteiger partial charge in [-0.1, -0.05) is 42.5 Å². The maximum absolute atomic E-state index is 11.4. The standard InChI is InChI=1S/C21H27NO2/c1-16-10-11-19(20(24-3)17(16)2)21(23)12-7-13-22(15-21)14-18-8-5-4-6-9-18/h4-6,8-11,23H,7,12-15H2,1-3H3. The van der Waals surface area contributed by atoms with Crippen molar-refractivity contribution in [1.29, 1.82) is 0 Å². The molecule has 0 aliphatic carbocycles. The summed E-state index contributed by atoms with van der Waals surface area (Å²) in [6.07, 6.45) is 1.76. The monoisotopic (exact) mass is 325 g/mol. The molecular weight excluding hydrogens is 298 g/mol. The quantitative estimate of drug-likeness (QED) is 0.928. The molecule has 0 amide bonds. The number of rotatable bonds is 4. The predicted molar refractivity (Wildman–Crippen MR) is 97.3 cm³/mol. The van der Waals surface area contributed by atoms with Gasteiger partial charge in [0.1, 0.15) is 11.4 Å². The Labute approximate surface area is 144 Å². The van der Waals surface area contributed by atoms with Gasteiger partial charge >= 0.3 is 0 Å². The summed E-state index contributed by atoms with van der Waals surface area (Å²) in [7, 11) is 1.69. The van der Waals surface area contributed by atoms with Gasteiger partial charge in [0.15, 0.2) is 0 Å². The number of ether oxygens (including phenoxy) is 1. The van der Waals surface area contributed by atoms with Gasteiger partial charge in [-0.15, -0.1) is 0 Å². The Balaban J connectivity index is 1.86. The van der Waals surface area contributed by atoms with E-state index in [0.717, 1.165) is 42.8 Å². The van der Waals surface area contributed by atoms with E-state index < -0.39 is 5.60 Å². The van der Waals surface area contributed by atoms with Crippen LogP contribution >= 0.6 is 0 Å². The molecule has 24 heavy (non-hydrogen) atoms. The average molecular weight is 325 g/mol. The van der Waals surface area contributed by atoms with Crippen molar-refractivity contribution in [3.05, 3.63) is 64.7 Å². The summed E-state index contributed by atoms with van der Waals surface area (Å²) < 4.78 is 5.65. The third-order valence-corrected chi connectivity index (χ3v) is 5.18. The fourth-order valence-corrected chi connectivity index (χ4v) is 3.74. The Kier molecular flexibility index (Phi) is 4.93. The van der Waals surface area contributed by atoms with E-state index >= 15 is 0 Å². The molecule has 1 aliphatic heterocycles. The number of benzene rings is 2. The zero-order valence-electron chi connectivity index (χ0n) is 14.9. The van der Waals surface area contributed by atoms with Gasteiger partial charge in [0, 0.05) is 18.7 Å². The zero-order chi connectivity index (χ0) is 17.2. The first-order chi connectivity index (χ1) is 11.5. The van der Waals surface area contributed by atoms with Gasteiger partial charge < -0.3 is 9.84 Å². The molecule has 0 radical (unpaired) electrons. The predicted octanol–water partition coefficient (Wildman–Crippen LogP) is 3.80. The van der Waals surface area contributed by atoms with E-state index in [1.807, 2.05) is 12.1 Å². The Hall–Kier alpha value is -1.84. The Morgan fingerprint density at radius 2 is 1.88 bits per heavy atom. The summed E-state index contributed by atoms with van der Waals surface area (Å²) in [6.45, 7) is 6.67. The lowest BCUT2D eigenvalue weighted by Crippen LogP contribution is -2.45. The number of aliphatic hydroxyl groups is 1. The molecule has 2 aromatic carbocycles. The largest absolute Gasteiger partial charge is 0.496 e. The van der Waals surface area contributed by atoms with E-state index in [-0.39, 0.29) is 0 Å². The molecule has 3 nitrogen and oxygen atoms in total. The molecule has 1 unspecified atom stereocenters. The Morgan fingerprint density at radius 3 is 2.58 bits per heavy atom. The van der Waals surface area contributed by atoms with Crippen molar-refractivity contribution in [2.75, 3.05) is 20.2 Å². The molecular formula is C21H27NO2. The van der Waals surface area contributed by atoms with Gasteiger partial charge in [0.2, 0.25) is 0 Å². The molecule has 128 valence electrons. The van der Waals surface area contributed by atoms with Crippen LogP contribution in [0.3, 0.4) is 0 Å². The fourth-order valence-electron chi connectivity index (χ4n) is 3.74. The first kappa shape index (κ1) is 17.0. The van der Waals surface area contributed by atoms with Crippen LogP contribution in [0.4, 0.5) is 0 Å². The highest BCUT2D eigenvalue weighted by molar-refractivity contribution is 5.48. The van der Waals surface area contributed by atoms with Gasteiger partial charge in [-0.3, -0.25) is 4.90 Å². The molecule has 1 aliphatic rings. The molecule has 0 saturated carbocycles. The second-order valence-electron chi connectivity index (χ2n) is 6.92. The lowest BCUT2D eigenvalue weighted by molar-refractivity contribution is -0.0396. The molecule has 0 aromatic heterocycles. The van der Waals surface area contributed by atoms with Crippen molar-refractivity contribution in [2.45, 2.75) is 38.8 Å². The van der Waals surface area contributed by atoms with Crippen LogP contribution in [0.5, 0.6) is 5.75 Å². The molecule has 1 saturated heterocycles. The maximum Gasteiger partial charge on any atom is 0.128 e. The van der Waals surface area contributed by atoms with Crippen molar-refractivity contribution < 1.29 is 9.84 Å². The summed E-state index contributed by atoms with van der Waals surface area (Å²) in [6, 6.07) is 14.6. The molecule has 0 bridgehead atoms. The highest BCUT2D eigenvalue weighted by Gasteiger charge is 2.37. The average Bonchev–Trinajstić information content (AvgIpc) is 2.58. The highest BCUT2D eigenvalue weighted by Crippen LogP contribution is 2.39. The van der Waals surface area contributed by atoms with Crippen LogP contribution in [0.1, 0.15) is 35.1 Å². The molecule has 3 heteroatoms. The van der Waals surface area contributed by atoms with E-state index in [9.17, 15) is 5.11 Å². The molecule has 1 atom stereocenters. The minimum absolute atomic E-state index is 0.640. The van der Waals surface area contributed by atoms with Gasteiger partial charge in [0.05, 0.1) is 7.11 Å². The molecule has 0 spiro atoms. The van der Waals surface area contributed by atoms with E-state index in [1.54, 1.807) is 7.11 Å². The Bertz CT molecular complexity index is 698. The molecule has 3 rings (SSSR count). The first-order valence-corrected chi connectivity index (χ1v) is 8.67. The second kappa shape index (κ2) is 6.96. The fraction of sp³-hybridized carbons (Fsp3) is 0.429. The normalized spacial score (nSPS) is 21.7. The van der Waals surface area contributed by atoms with Crippen LogP contribution in [-0.4, -0.2) is 30.2 Å². The molecule has 2 aromatic rings. The van der Waals surface area contributed by atoms with Gasteiger partial charge in [-0.25, -0.2) is 0 Å². The third kappa shape index (κ3) is 3.33. The molecule has 1 N–H and O–H groups in total. The van der Waals surface area contributed by atoms with Crippen molar-refractivity contribution >= 4 is 0 Å². The van der Waals surface area contributed by atoms with Crippen LogP contribution < -0.4 is 4.74 Å². The third-order valence-electron chi connectivity index (χ3n) is 5.18. The summed E-state index contributed by atoms with van der Waals surface area (Å²) in [5.41, 5.74) is 3.66. The van der Waals surface area contributed by atoms with Crippen LogP contribution in [0.2, 0.25) is 0 Å². The summed E-state index contributed by atoms with van der Waals surface area (Å²) in [5.74, 6) is 0.832. The van der Waals surface area contributed by atoms with Crippen LogP contribution in [0.25, 0.3) is 0 Å². The number of β-amino-alcohol motifs (C(OH)–C–C–N with tert-alkyl or cyclic N) is 1. The topological polar surface area (TPSA) is 32.7 Å². The number of piperidine rings is 1. The van der Waals surface area contributed by atoms with E-state index in [2.05, 4.69) is 49.1 Å². The highest BCUT2D eigenvalue weighted by atomic mass is 16.5. The van der Waals surface area contributed by atoms with Gasteiger partial charge in [-0.2, -0.15) is 0 Å². The summed E-state index contributed by atoms with van der Waals surface area (Å²) >= 11 is 0. The van der Waals surface area contributed by atoms with Crippen LogP contribution in [0.15, 0.2) is 42.5 Å². The van der Waals surface area contributed by atoms with Crippen molar-refractivity contribution in [3.63, 3.8) is 0 Å². The minimum atomic E-state index is -0.850. The minimum Gasteiger partial charge on any atom is -0.496 e. The molecule has 1 fully saturated rings. The summed E-state index contributed by atoms with van der Waals surface area (Å²) in [5, 5.41) is 11.4. The van der Waals surface area contributed by atoms with E-state index in [1.165, 1.54) is 11.1 Å². The number of methoxy groups -OCH3 is 1. The number of hydrogen-bond donors (Lipinski definition) is 1. The van der Waals surface area contributed by atoms with Crippen molar-refractivity contribution in [3.8, 4) is 5.75 Å². The van der Waals surface area contributed by atoms with Crippen LogP contribution in [-0.2, 0) is 12.1 Å². The van der Waals surface area contributed by atoms with E-state index in [4.69, 9.17) is 4.74 Å². The number of hydrogen-bond acceptors (Lipinski definition) is 3. The van der Waals surface area contributed by atoms with Crippen LogP contribution in [0, 0.1) is 13.8 Å². The molecule has 1 heterocycles. The zero-order valence-corrected chi connectivity index (χ0v) is 14.9. The van der Waals surface area contributed by atoms with Gasteiger partial charge in [0.25, 0.3) is 0 Å².